The predicted molar refractivity (Wildman–Crippen MR) is 72.5 cm³/mol. The summed E-state index contributed by atoms with van der Waals surface area (Å²) in [5, 5.41) is 0. The minimum Gasteiger partial charge on any atom is -0.495 e. The van der Waals surface area contributed by atoms with E-state index in [1.54, 1.807) is 38.5 Å². The van der Waals surface area contributed by atoms with Crippen molar-refractivity contribution >= 4 is 5.69 Å². The van der Waals surface area contributed by atoms with Gasteiger partial charge in [0.2, 0.25) is 5.88 Å². The Labute approximate surface area is 111 Å². The van der Waals surface area contributed by atoms with E-state index in [0.29, 0.717) is 29.7 Å². The van der Waals surface area contributed by atoms with E-state index in [4.69, 9.17) is 19.9 Å². The van der Waals surface area contributed by atoms with E-state index in [2.05, 4.69) is 4.98 Å². The Morgan fingerprint density at radius 2 is 1.95 bits per heavy atom. The van der Waals surface area contributed by atoms with Gasteiger partial charge in [-0.15, -0.1) is 0 Å². The summed E-state index contributed by atoms with van der Waals surface area (Å²) in [4.78, 5) is 4.26. The van der Waals surface area contributed by atoms with Crippen molar-refractivity contribution < 1.29 is 14.2 Å². The second kappa shape index (κ2) is 5.95. The molecule has 0 fully saturated rings. The number of nitrogen functional groups attached to an aromatic ring is 1. The SMILES string of the molecule is COc1cccc(COc2ccc(OC)c(N)c2)n1. The molecule has 100 valence electrons. The normalized spacial score (nSPS) is 10.0. The maximum Gasteiger partial charge on any atom is 0.213 e. The zero-order valence-corrected chi connectivity index (χ0v) is 10.9. The molecule has 0 radical (unpaired) electrons. The Morgan fingerprint density at radius 1 is 1.11 bits per heavy atom. The number of nitrogens with two attached hydrogens (primary N) is 1. The molecule has 1 aromatic carbocycles. The highest BCUT2D eigenvalue weighted by molar-refractivity contribution is 5.56. The van der Waals surface area contributed by atoms with Crippen molar-refractivity contribution in [1.82, 2.24) is 4.98 Å². The zero-order chi connectivity index (χ0) is 13.7. The maximum atomic E-state index is 5.81. The quantitative estimate of drug-likeness (QED) is 0.835. The molecule has 0 spiro atoms. The van der Waals surface area contributed by atoms with Gasteiger partial charge in [0.1, 0.15) is 18.1 Å². The first kappa shape index (κ1) is 13.0. The smallest absolute Gasteiger partial charge is 0.213 e. The summed E-state index contributed by atoms with van der Waals surface area (Å²) in [6.45, 7) is 0.350. The molecular weight excluding hydrogens is 244 g/mol. The molecule has 1 heterocycles. The van der Waals surface area contributed by atoms with E-state index < -0.39 is 0 Å². The van der Waals surface area contributed by atoms with Crippen LogP contribution in [-0.4, -0.2) is 19.2 Å². The molecule has 5 heteroatoms. The number of hydrogen-bond donors (Lipinski definition) is 1. The Bertz CT molecular complexity index is 558. The second-order valence-corrected chi connectivity index (χ2v) is 3.86. The van der Waals surface area contributed by atoms with Gasteiger partial charge in [-0.05, 0) is 18.2 Å². The van der Waals surface area contributed by atoms with Crippen LogP contribution >= 0.6 is 0 Å². The average Bonchev–Trinajstić information content (AvgIpc) is 2.45. The van der Waals surface area contributed by atoms with Crippen LogP contribution in [0.15, 0.2) is 36.4 Å². The van der Waals surface area contributed by atoms with Crippen LogP contribution in [0.2, 0.25) is 0 Å². The molecule has 19 heavy (non-hydrogen) atoms. The summed E-state index contributed by atoms with van der Waals surface area (Å²) in [7, 11) is 3.16. The second-order valence-electron chi connectivity index (χ2n) is 3.86. The molecule has 1 aromatic heterocycles. The highest BCUT2D eigenvalue weighted by atomic mass is 16.5. The van der Waals surface area contributed by atoms with Crippen molar-refractivity contribution in [3.63, 3.8) is 0 Å². The molecule has 0 saturated carbocycles. The van der Waals surface area contributed by atoms with E-state index in [1.165, 1.54) is 0 Å². The first-order valence-corrected chi connectivity index (χ1v) is 5.79. The van der Waals surface area contributed by atoms with Gasteiger partial charge >= 0.3 is 0 Å². The van der Waals surface area contributed by atoms with Crippen LogP contribution in [0.1, 0.15) is 5.69 Å². The van der Waals surface area contributed by atoms with Crippen LogP contribution in [0.25, 0.3) is 0 Å². The molecule has 5 nitrogen and oxygen atoms in total. The number of benzene rings is 1. The molecule has 0 unspecified atom stereocenters. The number of nitrogens with zero attached hydrogens (tertiary/aromatic N) is 1. The topological polar surface area (TPSA) is 66.6 Å². The van der Waals surface area contributed by atoms with Crippen LogP contribution in [-0.2, 0) is 6.61 Å². The van der Waals surface area contributed by atoms with Crippen LogP contribution in [0.3, 0.4) is 0 Å². The number of aromatic nitrogens is 1. The fourth-order valence-corrected chi connectivity index (χ4v) is 1.61. The van der Waals surface area contributed by atoms with Crippen molar-refractivity contribution in [2.75, 3.05) is 20.0 Å². The first-order chi connectivity index (χ1) is 9.22. The van der Waals surface area contributed by atoms with Crippen molar-refractivity contribution in [3.05, 3.63) is 42.1 Å². The summed E-state index contributed by atoms with van der Waals surface area (Å²) in [6.07, 6.45) is 0. The van der Waals surface area contributed by atoms with Gasteiger partial charge in [-0.3, -0.25) is 0 Å². The van der Waals surface area contributed by atoms with Crippen molar-refractivity contribution in [2.24, 2.45) is 0 Å². The molecule has 0 atom stereocenters. The Morgan fingerprint density at radius 3 is 2.63 bits per heavy atom. The molecule has 0 saturated heterocycles. The van der Waals surface area contributed by atoms with Gasteiger partial charge in [0.25, 0.3) is 0 Å². The molecule has 2 rings (SSSR count). The summed E-state index contributed by atoms with van der Waals surface area (Å²) in [5.41, 5.74) is 7.13. The third-order valence-corrected chi connectivity index (χ3v) is 2.58. The number of ether oxygens (including phenoxy) is 3. The van der Waals surface area contributed by atoms with E-state index in [-0.39, 0.29) is 0 Å². The van der Waals surface area contributed by atoms with Crippen LogP contribution in [0.5, 0.6) is 17.4 Å². The van der Waals surface area contributed by atoms with Gasteiger partial charge in [0.15, 0.2) is 0 Å². The summed E-state index contributed by atoms with van der Waals surface area (Å²) < 4.78 is 15.8. The van der Waals surface area contributed by atoms with E-state index >= 15 is 0 Å². The van der Waals surface area contributed by atoms with Gasteiger partial charge in [-0.1, -0.05) is 6.07 Å². The number of anilines is 1. The van der Waals surface area contributed by atoms with Gasteiger partial charge in [0.05, 0.1) is 25.6 Å². The first-order valence-electron chi connectivity index (χ1n) is 5.79. The fourth-order valence-electron chi connectivity index (χ4n) is 1.61. The standard InChI is InChI=1S/C14H16N2O3/c1-17-13-7-6-11(8-12(13)15)19-9-10-4-3-5-14(16-10)18-2/h3-8H,9,15H2,1-2H3. The van der Waals surface area contributed by atoms with E-state index in [9.17, 15) is 0 Å². The van der Waals surface area contributed by atoms with Crippen molar-refractivity contribution in [1.29, 1.82) is 0 Å². The third kappa shape index (κ3) is 3.28. The number of methoxy groups -OCH3 is 2. The van der Waals surface area contributed by atoms with Crippen LogP contribution < -0.4 is 19.9 Å². The lowest BCUT2D eigenvalue weighted by molar-refractivity contribution is 0.297. The number of pyridine rings is 1. The lowest BCUT2D eigenvalue weighted by Crippen LogP contribution is -2.00. The molecule has 0 bridgehead atoms. The third-order valence-electron chi connectivity index (χ3n) is 2.58. The molecule has 0 aliphatic heterocycles. The Balaban J connectivity index is 2.03. The molecule has 0 aliphatic rings. The summed E-state index contributed by atoms with van der Waals surface area (Å²) >= 11 is 0. The maximum absolute atomic E-state index is 5.81. The molecule has 2 aromatic rings. The van der Waals surface area contributed by atoms with Gasteiger partial charge in [0, 0.05) is 12.1 Å². The zero-order valence-electron chi connectivity index (χ0n) is 10.9. The minimum absolute atomic E-state index is 0.350. The highest BCUT2D eigenvalue weighted by Crippen LogP contribution is 2.26. The lowest BCUT2D eigenvalue weighted by Gasteiger charge is -2.09. The van der Waals surface area contributed by atoms with E-state index in [1.807, 2.05) is 12.1 Å². The van der Waals surface area contributed by atoms with Crippen molar-refractivity contribution in [2.45, 2.75) is 6.61 Å². The van der Waals surface area contributed by atoms with Crippen LogP contribution in [0.4, 0.5) is 5.69 Å². The number of rotatable bonds is 5. The average molecular weight is 260 g/mol. The fraction of sp³-hybridized carbons (Fsp3) is 0.214. The Kier molecular flexibility index (Phi) is 4.07. The lowest BCUT2D eigenvalue weighted by atomic mass is 10.3. The van der Waals surface area contributed by atoms with Crippen molar-refractivity contribution in [3.8, 4) is 17.4 Å². The highest BCUT2D eigenvalue weighted by Gasteiger charge is 2.03. The summed E-state index contributed by atoms with van der Waals surface area (Å²) in [5.74, 6) is 1.87. The molecular formula is C14H16N2O3. The largest absolute Gasteiger partial charge is 0.495 e. The predicted octanol–water partition coefficient (Wildman–Crippen LogP) is 2.26. The minimum atomic E-state index is 0.350. The molecule has 0 aliphatic carbocycles. The monoisotopic (exact) mass is 260 g/mol. The number of hydrogen-bond acceptors (Lipinski definition) is 5. The summed E-state index contributed by atoms with van der Waals surface area (Å²) in [6, 6.07) is 10.8. The molecule has 2 N–H and O–H groups in total. The van der Waals surface area contributed by atoms with E-state index in [0.717, 1.165) is 5.69 Å². The van der Waals surface area contributed by atoms with Crippen LogP contribution in [0, 0.1) is 0 Å². The van der Waals surface area contributed by atoms with Gasteiger partial charge in [-0.2, -0.15) is 0 Å². The van der Waals surface area contributed by atoms with Gasteiger partial charge in [-0.25, -0.2) is 4.98 Å². The Hall–Kier alpha value is -2.43. The molecule has 0 amide bonds. The van der Waals surface area contributed by atoms with Gasteiger partial charge < -0.3 is 19.9 Å².